The maximum atomic E-state index is 12.8. The van der Waals surface area contributed by atoms with Crippen molar-refractivity contribution < 1.29 is 34.2 Å². The second kappa shape index (κ2) is 13.4. The number of imidazole rings is 1. The summed E-state index contributed by atoms with van der Waals surface area (Å²) in [5, 5.41) is 25.3. The zero-order valence-corrected chi connectivity index (χ0v) is 19.2. The number of aromatic amines is 1. The van der Waals surface area contributed by atoms with Gasteiger partial charge in [-0.25, -0.2) is 9.78 Å². The maximum absolute atomic E-state index is 12.8. The topological polar surface area (TPSA) is 217 Å². The molecule has 0 aliphatic carbocycles. The number of hydrogen-bond donors (Lipinski definition) is 8. The number of nitrogens with two attached hydrogens (primary N) is 1. The molecule has 0 aliphatic heterocycles. The number of amides is 3. The van der Waals surface area contributed by atoms with E-state index in [1.165, 1.54) is 12.5 Å². The second-order valence-corrected chi connectivity index (χ2v) is 8.18. The molecule has 4 unspecified atom stereocenters. The lowest BCUT2D eigenvalue weighted by Crippen LogP contribution is -2.58. The number of thiol groups is 1. The molecule has 4 atom stereocenters. The van der Waals surface area contributed by atoms with E-state index in [0.29, 0.717) is 12.1 Å². The molecule has 3 amide bonds. The molecule has 1 rings (SSSR count). The number of aliphatic carboxylic acids is 2. The van der Waals surface area contributed by atoms with E-state index in [2.05, 4.69) is 38.5 Å². The first-order chi connectivity index (χ1) is 15.4. The van der Waals surface area contributed by atoms with Crippen molar-refractivity contribution in [2.24, 2.45) is 11.7 Å². The third-order valence-electron chi connectivity index (χ3n) is 4.48. The van der Waals surface area contributed by atoms with E-state index in [-0.39, 0.29) is 18.1 Å². The predicted molar refractivity (Wildman–Crippen MR) is 119 cm³/mol. The van der Waals surface area contributed by atoms with Crippen LogP contribution in [-0.4, -0.2) is 79.8 Å². The van der Waals surface area contributed by atoms with Gasteiger partial charge in [-0.3, -0.25) is 19.2 Å². The average molecular weight is 487 g/mol. The molecule has 33 heavy (non-hydrogen) atoms. The van der Waals surface area contributed by atoms with Crippen LogP contribution in [0.5, 0.6) is 0 Å². The molecule has 0 aliphatic rings. The minimum Gasteiger partial charge on any atom is -0.481 e. The predicted octanol–water partition coefficient (Wildman–Crippen LogP) is -1.73. The summed E-state index contributed by atoms with van der Waals surface area (Å²) in [4.78, 5) is 66.9. The van der Waals surface area contributed by atoms with Crippen molar-refractivity contribution in [3.05, 3.63) is 18.2 Å². The van der Waals surface area contributed by atoms with Gasteiger partial charge in [0.1, 0.15) is 18.1 Å². The van der Waals surface area contributed by atoms with Crippen LogP contribution in [0.3, 0.4) is 0 Å². The number of H-pyrrole nitrogens is 1. The molecule has 14 heteroatoms. The highest BCUT2D eigenvalue weighted by atomic mass is 32.1. The maximum Gasteiger partial charge on any atom is 0.327 e. The van der Waals surface area contributed by atoms with E-state index in [1.54, 1.807) is 0 Å². The SMILES string of the molecule is CC(C)CC(N)C(=O)NC(CC(=O)O)C(=O)NC(Cc1cnc[nH]1)C(=O)NC(CS)C(=O)O. The fourth-order valence-corrected chi connectivity index (χ4v) is 3.08. The van der Waals surface area contributed by atoms with Crippen molar-refractivity contribution in [3.63, 3.8) is 0 Å². The number of nitrogens with zero attached hydrogens (tertiary/aromatic N) is 1. The van der Waals surface area contributed by atoms with Crippen LogP contribution in [0.25, 0.3) is 0 Å². The molecule has 0 aromatic carbocycles. The van der Waals surface area contributed by atoms with Crippen molar-refractivity contribution in [1.29, 1.82) is 0 Å². The fraction of sp³-hybridized carbons (Fsp3) is 0.579. The van der Waals surface area contributed by atoms with Gasteiger partial charge in [-0.15, -0.1) is 0 Å². The van der Waals surface area contributed by atoms with E-state index in [4.69, 9.17) is 15.9 Å². The van der Waals surface area contributed by atoms with E-state index in [0.717, 1.165) is 0 Å². The van der Waals surface area contributed by atoms with Crippen molar-refractivity contribution in [3.8, 4) is 0 Å². The van der Waals surface area contributed by atoms with Crippen LogP contribution in [0.1, 0.15) is 32.4 Å². The molecule has 0 saturated heterocycles. The number of nitrogens with one attached hydrogen (secondary N) is 4. The quantitative estimate of drug-likeness (QED) is 0.140. The third kappa shape index (κ3) is 9.91. The van der Waals surface area contributed by atoms with Gasteiger partial charge in [0.2, 0.25) is 17.7 Å². The Morgan fingerprint density at radius 2 is 1.61 bits per heavy atom. The molecular weight excluding hydrogens is 456 g/mol. The summed E-state index contributed by atoms with van der Waals surface area (Å²) in [6, 6.07) is -5.07. The number of carbonyl (C=O) groups excluding carboxylic acids is 3. The summed E-state index contributed by atoms with van der Waals surface area (Å²) in [6.45, 7) is 3.70. The van der Waals surface area contributed by atoms with Gasteiger partial charge in [-0.1, -0.05) is 13.8 Å². The van der Waals surface area contributed by atoms with Gasteiger partial charge >= 0.3 is 11.9 Å². The lowest BCUT2D eigenvalue weighted by Gasteiger charge is -2.24. The van der Waals surface area contributed by atoms with Crippen molar-refractivity contribution in [2.75, 3.05) is 5.75 Å². The first kappa shape index (κ1) is 27.9. The highest BCUT2D eigenvalue weighted by Crippen LogP contribution is 2.05. The van der Waals surface area contributed by atoms with Crippen LogP contribution >= 0.6 is 12.6 Å². The van der Waals surface area contributed by atoms with Gasteiger partial charge in [-0.05, 0) is 12.3 Å². The smallest absolute Gasteiger partial charge is 0.327 e. The van der Waals surface area contributed by atoms with Crippen molar-refractivity contribution in [2.45, 2.75) is 57.3 Å². The Hall–Kier alpha value is -3.13. The van der Waals surface area contributed by atoms with E-state index >= 15 is 0 Å². The monoisotopic (exact) mass is 486 g/mol. The van der Waals surface area contributed by atoms with Crippen LogP contribution in [0.2, 0.25) is 0 Å². The van der Waals surface area contributed by atoms with E-state index in [1.807, 2.05) is 13.8 Å². The van der Waals surface area contributed by atoms with Gasteiger partial charge in [-0.2, -0.15) is 12.6 Å². The van der Waals surface area contributed by atoms with E-state index < -0.39 is 60.2 Å². The molecular formula is C19H30N6O7S. The molecule has 8 N–H and O–H groups in total. The molecule has 1 aromatic heterocycles. The van der Waals surface area contributed by atoms with Crippen LogP contribution in [0.4, 0.5) is 0 Å². The standard InChI is InChI=1S/C19H30N6O7S/c1-9(2)3-11(20)16(28)23-13(5-15(26)27)18(30)24-12(4-10-6-21-8-22-10)17(29)25-14(7-33)19(31)32/h6,8-9,11-14,33H,3-5,7,20H2,1-2H3,(H,21,22)(H,23,28)(H,24,30)(H,25,29)(H,26,27)(H,31,32). The number of rotatable bonds is 14. The Balaban J connectivity index is 3.02. The van der Waals surface area contributed by atoms with Gasteiger partial charge in [0.25, 0.3) is 0 Å². The first-order valence-corrected chi connectivity index (χ1v) is 10.8. The molecule has 0 saturated carbocycles. The summed E-state index contributed by atoms with van der Waals surface area (Å²) >= 11 is 3.88. The zero-order chi connectivity index (χ0) is 25.1. The summed E-state index contributed by atoms with van der Waals surface area (Å²) in [6.07, 6.45) is 2.22. The summed E-state index contributed by atoms with van der Waals surface area (Å²) in [5.41, 5.74) is 6.26. The summed E-state index contributed by atoms with van der Waals surface area (Å²) in [5.74, 6) is -5.27. The molecule has 1 aromatic rings. The lowest BCUT2D eigenvalue weighted by atomic mass is 10.0. The molecule has 184 valence electrons. The second-order valence-electron chi connectivity index (χ2n) is 7.82. The molecule has 0 fully saturated rings. The van der Waals surface area contributed by atoms with Gasteiger partial charge in [0, 0.05) is 24.1 Å². The van der Waals surface area contributed by atoms with Gasteiger partial charge < -0.3 is 36.9 Å². The van der Waals surface area contributed by atoms with Crippen LogP contribution < -0.4 is 21.7 Å². The van der Waals surface area contributed by atoms with Crippen molar-refractivity contribution in [1.82, 2.24) is 25.9 Å². The fourth-order valence-electron chi connectivity index (χ4n) is 2.83. The summed E-state index contributed by atoms with van der Waals surface area (Å²) < 4.78 is 0. The highest BCUT2D eigenvalue weighted by Gasteiger charge is 2.31. The number of aromatic nitrogens is 2. The molecule has 1 heterocycles. The molecule has 0 spiro atoms. The van der Waals surface area contributed by atoms with Gasteiger partial charge in [0.15, 0.2) is 0 Å². The van der Waals surface area contributed by atoms with Crippen LogP contribution in [0.15, 0.2) is 12.5 Å². The molecule has 13 nitrogen and oxygen atoms in total. The molecule has 0 bridgehead atoms. The Morgan fingerprint density at radius 3 is 2.09 bits per heavy atom. The number of hydrogen-bond acceptors (Lipinski definition) is 8. The molecule has 0 radical (unpaired) electrons. The normalized spacial score (nSPS) is 14.6. The minimum atomic E-state index is -1.51. The number of carbonyl (C=O) groups is 5. The first-order valence-electron chi connectivity index (χ1n) is 10.1. The van der Waals surface area contributed by atoms with Crippen LogP contribution in [0, 0.1) is 5.92 Å². The Labute approximate surface area is 195 Å². The zero-order valence-electron chi connectivity index (χ0n) is 18.3. The lowest BCUT2D eigenvalue weighted by molar-refractivity contribution is -0.142. The minimum absolute atomic E-state index is 0.0917. The average Bonchev–Trinajstić information content (AvgIpc) is 3.22. The summed E-state index contributed by atoms with van der Waals surface area (Å²) in [7, 11) is 0. The highest BCUT2D eigenvalue weighted by molar-refractivity contribution is 7.80. The Morgan fingerprint density at radius 1 is 1.03 bits per heavy atom. The largest absolute Gasteiger partial charge is 0.481 e. The van der Waals surface area contributed by atoms with E-state index in [9.17, 15) is 24.0 Å². The van der Waals surface area contributed by atoms with Gasteiger partial charge in [0.05, 0.1) is 18.8 Å². The number of carboxylic acid groups (broad SMARTS) is 2. The Kier molecular flexibility index (Phi) is 11.4. The number of carboxylic acids is 2. The van der Waals surface area contributed by atoms with Crippen molar-refractivity contribution >= 4 is 42.3 Å². The van der Waals surface area contributed by atoms with Crippen LogP contribution in [-0.2, 0) is 30.4 Å². The Bertz CT molecular complexity index is 833. The third-order valence-corrected chi connectivity index (χ3v) is 4.85.